The van der Waals surface area contributed by atoms with Gasteiger partial charge < -0.3 is 19.5 Å². The first kappa shape index (κ1) is 17.9. The topological polar surface area (TPSA) is 39.7 Å². The van der Waals surface area contributed by atoms with E-state index in [-0.39, 0.29) is 0 Å². The Bertz CT molecular complexity index is 206. The minimum Gasteiger partial charge on any atom is -0.382 e. The summed E-state index contributed by atoms with van der Waals surface area (Å²) in [5.41, 5.74) is 0. The molecule has 0 aromatic rings. The Morgan fingerprint density at radius 1 is 0.850 bits per heavy atom. The van der Waals surface area contributed by atoms with Crippen LogP contribution in [0, 0.1) is 11.8 Å². The van der Waals surface area contributed by atoms with Crippen LogP contribution in [0.4, 0.5) is 0 Å². The Morgan fingerprint density at radius 2 is 1.45 bits per heavy atom. The van der Waals surface area contributed by atoms with Crippen molar-refractivity contribution in [2.24, 2.45) is 11.8 Å². The van der Waals surface area contributed by atoms with E-state index in [1.165, 1.54) is 32.1 Å². The third kappa shape index (κ3) is 8.90. The molecule has 0 radical (unpaired) electrons. The highest BCUT2D eigenvalue weighted by Gasteiger charge is 2.19. The van der Waals surface area contributed by atoms with E-state index >= 15 is 0 Å². The molecule has 120 valence electrons. The van der Waals surface area contributed by atoms with Crippen molar-refractivity contribution in [2.75, 3.05) is 53.2 Å². The molecule has 4 heteroatoms. The van der Waals surface area contributed by atoms with E-state index in [2.05, 4.69) is 12.2 Å². The van der Waals surface area contributed by atoms with Crippen molar-refractivity contribution in [3.05, 3.63) is 0 Å². The summed E-state index contributed by atoms with van der Waals surface area (Å²) in [6.07, 6.45) is 7.02. The van der Waals surface area contributed by atoms with Crippen molar-refractivity contribution < 1.29 is 14.2 Å². The van der Waals surface area contributed by atoms with Gasteiger partial charge in [-0.3, -0.25) is 0 Å². The molecule has 1 aliphatic rings. The maximum Gasteiger partial charge on any atom is 0.0701 e. The Labute approximate surface area is 124 Å². The molecule has 0 aromatic heterocycles. The summed E-state index contributed by atoms with van der Waals surface area (Å²) in [7, 11) is 1.68. The van der Waals surface area contributed by atoms with Crippen LogP contribution in [0.5, 0.6) is 0 Å². The predicted molar refractivity (Wildman–Crippen MR) is 82.1 cm³/mol. The maximum atomic E-state index is 5.51. The van der Waals surface area contributed by atoms with Crippen molar-refractivity contribution >= 4 is 0 Å². The monoisotopic (exact) mass is 287 g/mol. The number of nitrogens with one attached hydrogen (secondary N) is 1. The molecule has 0 aromatic carbocycles. The van der Waals surface area contributed by atoms with Gasteiger partial charge in [0, 0.05) is 13.7 Å². The van der Waals surface area contributed by atoms with Gasteiger partial charge in [0.2, 0.25) is 0 Å². The molecule has 1 aliphatic carbocycles. The highest BCUT2D eigenvalue weighted by Crippen LogP contribution is 2.29. The van der Waals surface area contributed by atoms with E-state index < -0.39 is 0 Å². The van der Waals surface area contributed by atoms with Crippen LogP contribution in [-0.4, -0.2) is 53.2 Å². The average molecular weight is 287 g/mol. The van der Waals surface area contributed by atoms with Crippen LogP contribution in [0.2, 0.25) is 0 Å². The smallest absolute Gasteiger partial charge is 0.0701 e. The Kier molecular flexibility index (Phi) is 11.2. The molecule has 0 unspecified atom stereocenters. The highest BCUT2D eigenvalue weighted by molar-refractivity contribution is 4.73. The van der Waals surface area contributed by atoms with Crippen molar-refractivity contribution in [2.45, 2.75) is 39.0 Å². The summed E-state index contributed by atoms with van der Waals surface area (Å²) < 4.78 is 15.7. The summed E-state index contributed by atoms with van der Waals surface area (Å²) in [4.78, 5) is 0. The standard InChI is InChI=1S/C16H33NO3/c1-3-15-4-6-16(7-5-15)14-17-8-9-19-12-13-20-11-10-18-2/h15-17H,3-14H2,1-2H3. The zero-order chi connectivity index (χ0) is 14.5. The molecule has 0 aliphatic heterocycles. The van der Waals surface area contributed by atoms with E-state index in [4.69, 9.17) is 14.2 Å². The molecular weight excluding hydrogens is 254 g/mol. The van der Waals surface area contributed by atoms with Crippen molar-refractivity contribution in [3.8, 4) is 0 Å². The first-order valence-electron chi connectivity index (χ1n) is 8.22. The number of ether oxygens (including phenoxy) is 3. The highest BCUT2D eigenvalue weighted by atomic mass is 16.5. The summed E-state index contributed by atoms with van der Waals surface area (Å²) in [6.45, 7) is 7.84. The van der Waals surface area contributed by atoms with Gasteiger partial charge in [0.05, 0.1) is 33.0 Å². The van der Waals surface area contributed by atoms with Gasteiger partial charge in [0.25, 0.3) is 0 Å². The van der Waals surface area contributed by atoms with Gasteiger partial charge in [0.15, 0.2) is 0 Å². The molecule has 0 saturated heterocycles. The molecule has 1 N–H and O–H groups in total. The number of hydrogen-bond donors (Lipinski definition) is 1. The summed E-state index contributed by atoms with van der Waals surface area (Å²) in [5.74, 6) is 1.88. The second-order valence-electron chi connectivity index (χ2n) is 5.72. The van der Waals surface area contributed by atoms with Gasteiger partial charge in [-0.25, -0.2) is 0 Å². The third-order valence-electron chi connectivity index (χ3n) is 4.20. The Hall–Kier alpha value is -0.160. The van der Waals surface area contributed by atoms with Crippen LogP contribution in [0.25, 0.3) is 0 Å². The number of methoxy groups -OCH3 is 1. The Balaban J connectivity index is 1.79. The normalized spacial score (nSPS) is 23.1. The second-order valence-corrected chi connectivity index (χ2v) is 5.72. The van der Waals surface area contributed by atoms with Crippen LogP contribution < -0.4 is 5.32 Å². The second kappa shape index (κ2) is 12.6. The zero-order valence-corrected chi connectivity index (χ0v) is 13.4. The number of hydrogen-bond acceptors (Lipinski definition) is 4. The van der Waals surface area contributed by atoms with Crippen LogP contribution in [-0.2, 0) is 14.2 Å². The maximum absolute atomic E-state index is 5.51. The molecule has 0 spiro atoms. The fourth-order valence-corrected chi connectivity index (χ4v) is 2.76. The summed E-state index contributed by atoms with van der Waals surface area (Å²) in [5, 5.41) is 3.51. The van der Waals surface area contributed by atoms with Gasteiger partial charge in [-0.15, -0.1) is 0 Å². The van der Waals surface area contributed by atoms with Crippen molar-refractivity contribution in [1.82, 2.24) is 5.32 Å². The molecule has 20 heavy (non-hydrogen) atoms. The van der Waals surface area contributed by atoms with Crippen LogP contribution >= 0.6 is 0 Å². The molecule has 1 rings (SSSR count). The fraction of sp³-hybridized carbons (Fsp3) is 1.00. The fourth-order valence-electron chi connectivity index (χ4n) is 2.76. The first-order valence-corrected chi connectivity index (χ1v) is 8.22. The third-order valence-corrected chi connectivity index (χ3v) is 4.20. The van der Waals surface area contributed by atoms with Crippen molar-refractivity contribution in [1.29, 1.82) is 0 Å². The molecule has 0 heterocycles. The van der Waals surface area contributed by atoms with E-state index in [0.717, 1.165) is 31.5 Å². The largest absolute Gasteiger partial charge is 0.382 e. The van der Waals surface area contributed by atoms with Gasteiger partial charge in [-0.1, -0.05) is 26.2 Å². The lowest BCUT2D eigenvalue weighted by Crippen LogP contribution is -2.29. The SMILES string of the molecule is CCC1CCC(CNCCOCCOCCOC)CC1. The summed E-state index contributed by atoms with van der Waals surface area (Å²) >= 11 is 0. The molecule has 0 amide bonds. The van der Waals surface area contributed by atoms with Gasteiger partial charge in [0.1, 0.15) is 0 Å². The van der Waals surface area contributed by atoms with Crippen LogP contribution in [0.15, 0.2) is 0 Å². The number of rotatable bonds is 12. The molecular formula is C16H33NO3. The lowest BCUT2D eigenvalue weighted by atomic mass is 9.81. The molecule has 0 atom stereocenters. The average Bonchev–Trinajstić information content (AvgIpc) is 2.50. The van der Waals surface area contributed by atoms with Crippen LogP contribution in [0.3, 0.4) is 0 Å². The lowest BCUT2D eigenvalue weighted by molar-refractivity contribution is 0.0254. The Morgan fingerprint density at radius 3 is 2.10 bits per heavy atom. The van der Waals surface area contributed by atoms with Gasteiger partial charge in [-0.2, -0.15) is 0 Å². The van der Waals surface area contributed by atoms with Crippen LogP contribution in [0.1, 0.15) is 39.0 Å². The van der Waals surface area contributed by atoms with Gasteiger partial charge in [-0.05, 0) is 31.2 Å². The molecule has 4 nitrogen and oxygen atoms in total. The van der Waals surface area contributed by atoms with Gasteiger partial charge >= 0.3 is 0 Å². The minimum absolute atomic E-state index is 0.651. The van der Waals surface area contributed by atoms with E-state index in [1.807, 2.05) is 0 Å². The lowest BCUT2D eigenvalue weighted by Gasteiger charge is -2.27. The van der Waals surface area contributed by atoms with E-state index in [0.29, 0.717) is 26.4 Å². The minimum atomic E-state index is 0.651. The first-order chi connectivity index (χ1) is 9.86. The molecule has 1 fully saturated rings. The van der Waals surface area contributed by atoms with Crippen molar-refractivity contribution in [3.63, 3.8) is 0 Å². The quantitative estimate of drug-likeness (QED) is 0.560. The predicted octanol–water partition coefficient (Wildman–Crippen LogP) is 2.47. The molecule has 1 saturated carbocycles. The van der Waals surface area contributed by atoms with E-state index in [1.54, 1.807) is 7.11 Å². The molecule has 0 bridgehead atoms. The van der Waals surface area contributed by atoms with E-state index in [9.17, 15) is 0 Å². The zero-order valence-electron chi connectivity index (χ0n) is 13.4. The summed E-state index contributed by atoms with van der Waals surface area (Å²) in [6, 6.07) is 0.